The maximum atomic E-state index is 12.1. The first-order valence-corrected chi connectivity index (χ1v) is 9.24. The Morgan fingerprint density at radius 3 is 2.43 bits per heavy atom. The Hall–Kier alpha value is -3.44. The molecule has 162 valence electrons. The van der Waals surface area contributed by atoms with E-state index >= 15 is 0 Å². The summed E-state index contributed by atoms with van der Waals surface area (Å²) in [5.41, 5.74) is 6.96. The number of rotatable bonds is 10. The number of carbonyl (C=O) groups is 4. The van der Waals surface area contributed by atoms with Crippen LogP contribution in [0, 0.1) is 0 Å². The van der Waals surface area contributed by atoms with E-state index in [1.54, 1.807) is 6.20 Å². The molecule has 0 aliphatic rings. The van der Waals surface area contributed by atoms with Gasteiger partial charge in [0.2, 0.25) is 17.7 Å². The molecule has 0 bridgehead atoms. The van der Waals surface area contributed by atoms with Crippen molar-refractivity contribution in [3.05, 3.63) is 36.0 Å². The molecule has 3 unspecified atom stereocenters. The Labute approximate surface area is 172 Å². The van der Waals surface area contributed by atoms with Gasteiger partial charge < -0.3 is 36.9 Å². The molecule has 0 spiro atoms. The number of aliphatic hydroxyl groups is 1. The Morgan fingerprint density at radius 2 is 1.80 bits per heavy atom. The molecule has 0 aliphatic carbocycles. The third-order valence-electron chi connectivity index (χ3n) is 4.38. The van der Waals surface area contributed by atoms with E-state index in [1.165, 1.54) is 6.92 Å². The first-order chi connectivity index (χ1) is 14.2. The molecule has 8 N–H and O–H groups in total. The van der Waals surface area contributed by atoms with Gasteiger partial charge in [-0.1, -0.05) is 18.2 Å². The van der Waals surface area contributed by atoms with Crippen LogP contribution in [0.1, 0.15) is 12.5 Å². The number of amides is 3. The molecular weight excluding hydrogens is 394 g/mol. The molecule has 3 atom stereocenters. The number of aromatic nitrogens is 1. The van der Waals surface area contributed by atoms with Gasteiger partial charge in [0.15, 0.2) is 0 Å². The van der Waals surface area contributed by atoms with Crippen LogP contribution in [0.2, 0.25) is 0 Å². The molecule has 1 aromatic heterocycles. The van der Waals surface area contributed by atoms with Crippen molar-refractivity contribution in [3.8, 4) is 0 Å². The topological polar surface area (TPSA) is 187 Å². The van der Waals surface area contributed by atoms with Crippen LogP contribution in [-0.4, -0.2) is 70.2 Å². The zero-order valence-corrected chi connectivity index (χ0v) is 16.3. The number of nitrogens with one attached hydrogen (secondary N) is 4. The average Bonchev–Trinajstić information content (AvgIpc) is 3.12. The van der Waals surface area contributed by atoms with E-state index in [0.717, 1.165) is 16.5 Å². The molecule has 1 aromatic carbocycles. The molecule has 0 fully saturated rings. The number of carboxylic acid groups (broad SMARTS) is 1. The highest BCUT2D eigenvalue weighted by atomic mass is 16.4. The molecule has 3 amide bonds. The van der Waals surface area contributed by atoms with Crippen LogP contribution in [-0.2, 0) is 25.6 Å². The summed E-state index contributed by atoms with van der Waals surface area (Å²) in [4.78, 5) is 50.3. The molecule has 11 heteroatoms. The van der Waals surface area contributed by atoms with Gasteiger partial charge in [-0.05, 0) is 18.6 Å². The molecule has 0 aliphatic heterocycles. The van der Waals surface area contributed by atoms with Crippen LogP contribution in [0.25, 0.3) is 10.9 Å². The van der Waals surface area contributed by atoms with Gasteiger partial charge >= 0.3 is 5.97 Å². The quantitative estimate of drug-likeness (QED) is 0.237. The lowest BCUT2D eigenvalue weighted by molar-refractivity contribution is -0.141. The van der Waals surface area contributed by atoms with E-state index < -0.39 is 55.0 Å². The fraction of sp³-hybridized carbons (Fsp3) is 0.368. The van der Waals surface area contributed by atoms with Crippen molar-refractivity contribution in [2.24, 2.45) is 5.73 Å². The minimum Gasteiger partial charge on any atom is -0.480 e. The van der Waals surface area contributed by atoms with Gasteiger partial charge in [-0.15, -0.1) is 0 Å². The standard InChI is InChI=1S/C19H25N5O6/c1-10(20)17(27)24-15(9-25)18(28)22-8-16(26)23-14(19(29)30)6-11-7-21-13-5-3-2-4-12(11)13/h2-5,7,10,14-15,21,25H,6,8-9,20H2,1H3,(H,22,28)(H,23,26)(H,24,27)(H,29,30). The molecule has 0 radical (unpaired) electrons. The van der Waals surface area contributed by atoms with Gasteiger partial charge in [0.25, 0.3) is 0 Å². The predicted molar refractivity (Wildman–Crippen MR) is 107 cm³/mol. The fourth-order valence-electron chi connectivity index (χ4n) is 2.75. The molecule has 0 saturated carbocycles. The van der Waals surface area contributed by atoms with E-state index in [0.29, 0.717) is 0 Å². The predicted octanol–water partition coefficient (Wildman–Crippen LogP) is -1.78. The zero-order valence-electron chi connectivity index (χ0n) is 16.3. The number of fused-ring (bicyclic) bond motifs is 1. The average molecular weight is 419 g/mol. The van der Waals surface area contributed by atoms with Gasteiger partial charge in [-0.2, -0.15) is 0 Å². The van der Waals surface area contributed by atoms with Crippen LogP contribution >= 0.6 is 0 Å². The summed E-state index contributed by atoms with van der Waals surface area (Å²) in [5.74, 6) is -3.40. The van der Waals surface area contributed by atoms with Crippen LogP contribution in [0.4, 0.5) is 0 Å². The summed E-state index contributed by atoms with van der Waals surface area (Å²) in [6.07, 6.45) is 1.73. The van der Waals surface area contributed by atoms with E-state index in [4.69, 9.17) is 5.73 Å². The Bertz CT molecular complexity index is 925. The number of hydrogen-bond donors (Lipinski definition) is 7. The van der Waals surface area contributed by atoms with Crippen LogP contribution < -0.4 is 21.7 Å². The van der Waals surface area contributed by atoms with Crippen molar-refractivity contribution in [3.63, 3.8) is 0 Å². The van der Waals surface area contributed by atoms with Crippen molar-refractivity contribution < 1.29 is 29.4 Å². The van der Waals surface area contributed by atoms with Crippen LogP contribution in [0.5, 0.6) is 0 Å². The van der Waals surface area contributed by atoms with E-state index in [9.17, 15) is 29.4 Å². The first kappa shape index (κ1) is 22.8. The summed E-state index contributed by atoms with van der Waals surface area (Å²) in [7, 11) is 0. The maximum absolute atomic E-state index is 12.1. The molecule has 2 rings (SSSR count). The van der Waals surface area contributed by atoms with Gasteiger partial charge in [-0.25, -0.2) is 4.79 Å². The van der Waals surface area contributed by atoms with Gasteiger partial charge in [0, 0.05) is 23.5 Å². The number of benzene rings is 1. The molecule has 30 heavy (non-hydrogen) atoms. The third-order valence-corrected chi connectivity index (χ3v) is 4.38. The maximum Gasteiger partial charge on any atom is 0.326 e. The number of aliphatic hydroxyl groups excluding tert-OH is 1. The first-order valence-electron chi connectivity index (χ1n) is 9.24. The highest BCUT2D eigenvalue weighted by Gasteiger charge is 2.24. The summed E-state index contributed by atoms with van der Waals surface area (Å²) in [6.45, 7) is 0.195. The second-order valence-electron chi connectivity index (χ2n) is 6.77. The number of aromatic amines is 1. The van der Waals surface area contributed by atoms with Crippen molar-refractivity contribution in [2.45, 2.75) is 31.5 Å². The lowest BCUT2D eigenvalue weighted by Gasteiger charge is -2.18. The minimum atomic E-state index is -1.28. The molecule has 1 heterocycles. The number of H-pyrrole nitrogens is 1. The van der Waals surface area contributed by atoms with Crippen molar-refractivity contribution in [1.29, 1.82) is 0 Å². The SMILES string of the molecule is CC(N)C(=O)NC(CO)C(=O)NCC(=O)NC(Cc1c[nH]c2ccccc12)C(=O)O. The van der Waals surface area contributed by atoms with E-state index in [1.807, 2.05) is 24.3 Å². The van der Waals surface area contributed by atoms with Gasteiger partial charge in [0.1, 0.15) is 12.1 Å². The van der Waals surface area contributed by atoms with Crippen molar-refractivity contribution >= 4 is 34.6 Å². The molecular formula is C19H25N5O6. The summed E-state index contributed by atoms with van der Waals surface area (Å²) >= 11 is 0. The monoisotopic (exact) mass is 419 g/mol. The summed E-state index contributed by atoms with van der Waals surface area (Å²) in [6, 6.07) is 4.00. The second-order valence-corrected chi connectivity index (χ2v) is 6.77. The molecule has 2 aromatic rings. The normalized spacial score (nSPS) is 13.8. The number of carbonyl (C=O) groups excluding carboxylic acids is 3. The number of carboxylic acids is 1. The summed E-state index contributed by atoms with van der Waals surface area (Å²) in [5, 5.41) is 26.4. The second kappa shape index (κ2) is 10.4. The number of aliphatic carboxylic acids is 1. The van der Waals surface area contributed by atoms with Crippen molar-refractivity contribution in [2.75, 3.05) is 13.2 Å². The largest absolute Gasteiger partial charge is 0.480 e. The lowest BCUT2D eigenvalue weighted by Crippen LogP contribution is -2.54. The Morgan fingerprint density at radius 1 is 1.10 bits per heavy atom. The third kappa shape index (κ3) is 6.03. The zero-order chi connectivity index (χ0) is 22.3. The molecule has 0 saturated heterocycles. The fourth-order valence-corrected chi connectivity index (χ4v) is 2.75. The van der Waals surface area contributed by atoms with Crippen LogP contribution in [0.15, 0.2) is 30.5 Å². The molecule has 11 nitrogen and oxygen atoms in total. The van der Waals surface area contributed by atoms with Gasteiger partial charge in [0.05, 0.1) is 19.2 Å². The van der Waals surface area contributed by atoms with Crippen molar-refractivity contribution in [1.82, 2.24) is 20.9 Å². The highest BCUT2D eigenvalue weighted by Crippen LogP contribution is 2.19. The minimum absolute atomic E-state index is 0.0444. The number of hydrogen-bond acceptors (Lipinski definition) is 6. The highest BCUT2D eigenvalue weighted by molar-refractivity contribution is 5.92. The van der Waals surface area contributed by atoms with E-state index in [-0.39, 0.29) is 6.42 Å². The number of nitrogens with two attached hydrogens (primary N) is 1. The Kier molecular flexibility index (Phi) is 7.90. The van der Waals surface area contributed by atoms with Crippen LogP contribution in [0.3, 0.4) is 0 Å². The van der Waals surface area contributed by atoms with E-state index in [2.05, 4.69) is 20.9 Å². The smallest absolute Gasteiger partial charge is 0.326 e. The van der Waals surface area contributed by atoms with Gasteiger partial charge in [-0.3, -0.25) is 14.4 Å². The number of para-hydroxylation sites is 1. The summed E-state index contributed by atoms with van der Waals surface area (Å²) < 4.78 is 0. The lowest BCUT2D eigenvalue weighted by atomic mass is 10.0. The Balaban J connectivity index is 1.93.